The van der Waals surface area contributed by atoms with Crippen LogP contribution in [0.25, 0.3) is 11.1 Å². The Morgan fingerprint density at radius 2 is 1.79 bits per heavy atom. The van der Waals surface area contributed by atoms with Crippen molar-refractivity contribution in [2.24, 2.45) is 0 Å². The first kappa shape index (κ1) is 15.6. The summed E-state index contributed by atoms with van der Waals surface area (Å²) in [4.78, 5) is 12.1. The molecule has 0 atom stereocenters. The third kappa shape index (κ3) is 3.36. The molecule has 0 N–H and O–H groups in total. The monoisotopic (exact) mass is 316 g/mol. The quantitative estimate of drug-likeness (QED) is 0.741. The van der Waals surface area contributed by atoms with Gasteiger partial charge >= 0.3 is 0 Å². The van der Waals surface area contributed by atoms with Crippen molar-refractivity contribution in [3.05, 3.63) is 88.3 Å². The van der Waals surface area contributed by atoms with E-state index in [4.69, 9.17) is 10.00 Å². The SMILES string of the molecule is COc1ccc(-c2ccc(=O)n(Cc3cccc(C#N)c3)c2)cc1. The molecule has 1 aromatic heterocycles. The number of benzene rings is 2. The fourth-order valence-electron chi connectivity index (χ4n) is 2.55. The van der Waals surface area contributed by atoms with Gasteiger partial charge in [0.15, 0.2) is 0 Å². The second-order valence-corrected chi connectivity index (χ2v) is 5.42. The number of aromatic nitrogens is 1. The van der Waals surface area contributed by atoms with Crippen molar-refractivity contribution in [3.63, 3.8) is 0 Å². The highest BCUT2D eigenvalue weighted by atomic mass is 16.5. The third-order valence-corrected chi connectivity index (χ3v) is 3.82. The third-order valence-electron chi connectivity index (χ3n) is 3.82. The van der Waals surface area contributed by atoms with Crippen LogP contribution in [-0.4, -0.2) is 11.7 Å². The normalized spacial score (nSPS) is 10.2. The minimum absolute atomic E-state index is 0.0744. The van der Waals surface area contributed by atoms with E-state index in [0.29, 0.717) is 12.1 Å². The molecule has 0 aliphatic heterocycles. The molecule has 0 bridgehead atoms. The number of methoxy groups -OCH3 is 1. The van der Waals surface area contributed by atoms with E-state index in [1.165, 1.54) is 0 Å². The zero-order valence-electron chi connectivity index (χ0n) is 13.3. The van der Waals surface area contributed by atoms with Crippen LogP contribution in [0.3, 0.4) is 0 Å². The Labute approximate surface area is 140 Å². The van der Waals surface area contributed by atoms with Gasteiger partial charge in [-0.15, -0.1) is 0 Å². The molecule has 0 radical (unpaired) electrons. The van der Waals surface area contributed by atoms with Crippen molar-refractivity contribution in [1.29, 1.82) is 5.26 Å². The maximum absolute atomic E-state index is 12.1. The number of hydrogen-bond donors (Lipinski definition) is 0. The maximum atomic E-state index is 12.1. The number of nitrogens with zero attached hydrogens (tertiary/aromatic N) is 2. The molecule has 118 valence electrons. The summed E-state index contributed by atoms with van der Waals surface area (Å²) in [6, 6.07) is 20.5. The number of pyridine rings is 1. The Balaban J connectivity index is 1.93. The summed E-state index contributed by atoms with van der Waals surface area (Å²) in [6.07, 6.45) is 1.84. The first-order valence-corrected chi connectivity index (χ1v) is 7.53. The molecule has 3 rings (SSSR count). The van der Waals surface area contributed by atoms with E-state index >= 15 is 0 Å². The highest BCUT2D eigenvalue weighted by Gasteiger charge is 2.04. The van der Waals surface area contributed by atoms with Crippen LogP contribution in [0.5, 0.6) is 5.75 Å². The summed E-state index contributed by atoms with van der Waals surface area (Å²) >= 11 is 0. The molecular weight excluding hydrogens is 300 g/mol. The molecule has 4 nitrogen and oxygen atoms in total. The van der Waals surface area contributed by atoms with Gasteiger partial charge in [-0.3, -0.25) is 4.79 Å². The first-order chi connectivity index (χ1) is 11.7. The summed E-state index contributed by atoms with van der Waals surface area (Å²) in [5.41, 5.74) is 3.40. The summed E-state index contributed by atoms with van der Waals surface area (Å²) in [5.74, 6) is 0.792. The van der Waals surface area contributed by atoms with Crippen LogP contribution in [0, 0.1) is 11.3 Å². The van der Waals surface area contributed by atoms with Crippen molar-refractivity contribution in [2.45, 2.75) is 6.54 Å². The average molecular weight is 316 g/mol. The van der Waals surface area contributed by atoms with E-state index in [0.717, 1.165) is 22.4 Å². The van der Waals surface area contributed by atoms with Gasteiger partial charge in [-0.1, -0.05) is 24.3 Å². The summed E-state index contributed by atoms with van der Waals surface area (Å²) in [7, 11) is 1.63. The lowest BCUT2D eigenvalue weighted by Crippen LogP contribution is -2.19. The van der Waals surface area contributed by atoms with Gasteiger partial charge in [-0.05, 0) is 47.0 Å². The molecule has 24 heavy (non-hydrogen) atoms. The standard InChI is InChI=1S/C20H16N2O2/c1-24-19-8-5-17(6-9-19)18-7-10-20(23)22(14-18)13-16-4-2-3-15(11-16)12-21/h2-11,14H,13H2,1H3. The molecule has 0 fully saturated rings. The van der Waals surface area contributed by atoms with Crippen LogP contribution in [0.4, 0.5) is 0 Å². The number of rotatable bonds is 4. The van der Waals surface area contributed by atoms with Crippen LogP contribution in [0.15, 0.2) is 71.7 Å². The average Bonchev–Trinajstić information content (AvgIpc) is 2.64. The minimum atomic E-state index is -0.0744. The lowest BCUT2D eigenvalue weighted by atomic mass is 10.1. The minimum Gasteiger partial charge on any atom is -0.497 e. The van der Waals surface area contributed by atoms with Crippen LogP contribution in [0.1, 0.15) is 11.1 Å². The van der Waals surface area contributed by atoms with Crippen molar-refractivity contribution in [1.82, 2.24) is 4.57 Å². The zero-order chi connectivity index (χ0) is 16.9. The molecule has 1 heterocycles. The van der Waals surface area contributed by atoms with Crippen molar-refractivity contribution in [3.8, 4) is 22.9 Å². The Kier molecular flexibility index (Phi) is 4.44. The fraction of sp³-hybridized carbons (Fsp3) is 0.100. The van der Waals surface area contributed by atoms with Crippen LogP contribution in [0.2, 0.25) is 0 Å². The number of hydrogen-bond acceptors (Lipinski definition) is 3. The van der Waals surface area contributed by atoms with Gasteiger partial charge in [0.2, 0.25) is 0 Å². The lowest BCUT2D eigenvalue weighted by Gasteiger charge is -2.09. The fourth-order valence-corrected chi connectivity index (χ4v) is 2.55. The summed E-state index contributed by atoms with van der Waals surface area (Å²) < 4.78 is 6.82. The van der Waals surface area contributed by atoms with Crippen molar-refractivity contribution < 1.29 is 4.74 Å². The Bertz CT molecular complexity index is 950. The predicted molar refractivity (Wildman–Crippen MR) is 92.9 cm³/mol. The lowest BCUT2D eigenvalue weighted by molar-refractivity contribution is 0.415. The van der Waals surface area contributed by atoms with Crippen LogP contribution < -0.4 is 10.3 Å². The van der Waals surface area contributed by atoms with E-state index in [-0.39, 0.29) is 5.56 Å². The van der Waals surface area contributed by atoms with E-state index in [9.17, 15) is 4.79 Å². The van der Waals surface area contributed by atoms with Crippen molar-refractivity contribution in [2.75, 3.05) is 7.11 Å². The second kappa shape index (κ2) is 6.84. The molecule has 0 aliphatic carbocycles. The second-order valence-electron chi connectivity index (χ2n) is 5.42. The maximum Gasteiger partial charge on any atom is 0.250 e. The Hall–Kier alpha value is -3.32. The van der Waals surface area contributed by atoms with E-state index < -0.39 is 0 Å². The van der Waals surface area contributed by atoms with Gasteiger partial charge in [0.1, 0.15) is 5.75 Å². The zero-order valence-corrected chi connectivity index (χ0v) is 13.3. The smallest absolute Gasteiger partial charge is 0.250 e. The topological polar surface area (TPSA) is 55.0 Å². The molecule has 2 aromatic carbocycles. The molecule has 3 aromatic rings. The summed E-state index contributed by atoms with van der Waals surface area (Å²) in [6.45, 7) is 0.429. The largest absolute Gasteiger partial charge is 0.497 e. The van der Waals surface area contributed by atoms with Crippen LogP contribution in [-0.2, 0) is 6.54 Å². The van der Waals surface area contributed by atoms with Gasteiger partial charge in [-0.2, -0.15) is 5.26 Å². The highest BCUT2D eigenvalue weighted by Crippen LogP contribution is 2.21. The van der Waals surface area contributed by atoms with Crippen LogP contribution >= 0.6 is 0 Å². The van der Waals surface area contributed by atoms with E-state index in [2.05, 4.69) is 6.07 Å². The Morgan fingerprint density at radius 3 is 2.50 bits per heavy atom. The predicted octanol–water partition coefficient (Wildman–Crippen LogP) is 3.44. The van der Waals surface area contributed by atoms with E-state index in [1.807, 2.05) is 48.7 Å². The van der Waals surface area contributed by atoms with E-state index in [1.54, 1.807) is 29.9 Å². The van der Waals surface area contributed by atoms with Crippen molar-refractivity contribution >= 4 is 0 Å². The van der Waals surface area contributed by atoms with Gasteiger partial charge in [0, 0.05) is 12.3 Å². The molecule has 0 saturated heterocycles. The van der Waals surface area contributed by atoms with Gasteiger partial charge in [-0.25, -0.2) is 0 Å². The van der Waals surface area contributed by atoms with Gasteiger partial charge in [0.25, 0.3) is 5.56 Å². The number of nitriles is 1. The molecule has 0 amide bonds. The van der Waals surface area contributed by atoms with Gasteiger partial charge < -0.3 is 9.30 Å². The molecule has 0 spiro atoms. The Morgan fingerprint density at radius 1 is 1.04 bits per heavy atom. The van der Waals surface area contributed by atoms with Gasteiger partial charge in [0.05, 0.1) is 25.3 Å². The summed E-state index contributed by atoms with van der Waals surface area (Å²) in [5, 5.41) is 8.99. The first-order valence-electron chi connectivity index (χ1n) is 7.53. The molecule has 0 unspecified atom stereocenters. The molecule has 4 heteroatoms. The molecule has 0 saturated carbocycles. The molecule has 0 aliphatic rings. The number of ether oxygens (including phenoxy) is 1. The molecular formula is C20H16N2O2. The highest BCUT2D eigenvalue weighted by molar-refractivity contribution is 5.63.